The zero-order chi connectivity index (χ0) is 12.2. The van der Waals surface area contributed by atoms with E-state index in [2.05, 4.69) is 0 Å². The van der Waals surface area contributed by atoms with Gasteiger partial charge in [-0.15, -0.1) is 0 Å². The number of nitrogens with two attached hydrogens (primary N) is 4. The lowest BCUT2D eigenvalue weighted by Crippen LogP contribution is -2.56. The number of hydrogen-bond donors (Lipinski definition) is 4. The molecule has 0 rings (SSSR count). The molecule has 0 saturated heterocycles. The highest BCUT2D eigenvalue weighted by molar-refractivity contribution is 6.21. The summed E-state index contributed by atoms with van der Waals surface area (Å²) < 4.78 is 0. The van der Waals surface area contributed by atoms with Crippen molar-refractivity contribution in [1.82, 2.24) is 0 Å². The molecule has 84 valence electrons. The molecule has 0 bridgehead atoms. The zero-order valence-electron chi connectivity index (χ0n) is 7.86. The van der Waals surface area contributed by atoms with Gasteiger partial charge >= 0.3 is 0 Å². The Hall–Kier alpha value is -2.12. The van der Waals surface area contributed by atoms with Gasteiger partial charge in [-0.2, -0.15) is 0 Å². The maximum absolute atomic E-state index is 11.0. The molecule has 0 atom stereocenters. The van der Waals surface area contributed by atoms with Crippen molar-refractivity contribution in [3.63, 3.8) is 0 Å². The van der Waals surface area contributed by atoms with Crippen LogP contribution in [-0.4, -0.2) is 23.6 Å². The van der Waals surface area contributed by atoms with Gasteiger partial charge in [-0.1, -0.05) is 0 Å². The summed E-state index contributed by atoms with van der Waals surface area (Å²) in [7, 11) is 0. The largest absolute Gasteiger partial charge is 0.370 e. The van der Waals surface area contributed by atoms with Crippen molar-refractivity contribution in [2.24, 2.45) is 28.3 Å². The van der Waals surface area contributed by atoms with Crippen LogP contribution in [0.3, 0.4) is 0 Å². The number of primary amides is 4. The second-order valence-electron chi connectivity index (χ2n) is 2.96. The van der Waals surface area contributed by atoms with Gasteiger partial charge in [0.15, 0.2) is 0 Å². The van der Waals surface area contributed by atoms with Crippen LogP contribution in [0.15, 0.2) is 0 Å². The van der Waals surface area contributed by atoms with Gasteiger partial charge in [0.25, 0.3) is 0 Å². The fourth-order valence-corrected chi connectivity index (χ4v) is 1.04. The molecule has 0 aliphatic rings. The monoisotopic (exact) mass is 216 g/mol. The summed E-state index contributed by atoms with van der Waals surface area (Å²) in [6.07, 6.45) is -0.906. The van der Waals surface area contributed by atoms with Crippen molar-refractivity contribution in [2.75, 3.05) is 0 Å². The summed E-state index contributed by atoms with van der Waals surface area (Å²) in [5.74, 6) is -4.67. The topological polar surface area (TPSA) is 172 Å². The Morgan fingerprint density at radius 1 is 0.800 bits per heavy atom. The number of carbonyl (C=O) groups is 4. The predicted molar refractivity (Wildman–Crippen MR) is 48.4 cm³/mol. The quantitative estimate of drug-likeness (QED) is 0.340. The van der Waals surface area contributed by atoms with Crippen molar-refractivity contribution >= 4 is 23.6 Å². The molecule has 0 saturated carbocycles. The molecule has 0 aliphatic heterocycles. The van der Waals surface area contributed by atoms with E-state index in [1.165, 1.54) is 0 Å². The normalized spacial score (nSPS) is 10.7. The standard InChI is InChI=1S/C7H12N4O4/c8-3(12)1-2-7(4(9)13,5(10)14)6(11)15/h1-2H2,(H2,8,12)(H2,9,13)(H2,10,14)(H2,11,15). The van der Waals surface area contributed by atoms with E-state index in [1.54, 1.807) is 0 Å². The molecule has 4 amide bonds. The maximum atomic E-state index is 11.0. The van der Waals surface area contributed by atoms with Crippen LogP contribution in [0.5, 0.6) is 0 Å². The van der Waals surface area contributed by atoms with Gasteiger partial charge in [-0.25, -0.2) is 0 Å². The molecule has 8 heteroatoms. The van der Waals surface area contributed by atoms with Gasteiger partial charge in [0.2, 0.25) is 29.0 Å². The summed E-state index contributed by atoms with van der Waals surface area (Å²) in [6.45, 7) is 0. The summed E-state index contributed by atoms with van der Waals surface area (Å²) >= 11 is 0. The Balaban J connectivity index is 5.15. The van der Waals surface area contributed by atoms with Gasteiger partial charge in [0.1, 0.15) is 0 Å². The SMILES string of the molecule is NC(=O)CCC(C(N)=O)(C(N)=O)C(N)=O. The molecule has 0 spiro atoms. The minimum absolute atomic E-state index is 0.394. The first kappa shape index (κ1) is 12.9. The second-order valence-corrected chi connectivity index (χ2v) is 2.96. The molecule has 8 N–H and O–H groups in total. The molecule has 8 nitrogen and oxygen atoms in total. The second kappa shape index (κ2) is 4.40. The minimum Gasteiger partial charge on any atom is -0.370 e. The van der Waals surface area contributed by atoms with Gasteiger partial charge < -0.3 is 22.9 Å². The average Bonchev–Trinajstić information content (AvgIpc) is 2.02. The van der Waals surface area contributed by atoms with Crippen molar-refractivity contribution < 1.29 is 19.2 Å². The molecular formula is C7H12N4O4. The highest BCUT2D eigenvalue weighted by Gasteiger charge is 2.48. The van der Waals surface area contributed by atoms with Crippen LogP contribution in [0.25, 0.3) is 0 Å². The molecule has 0 fully saturated rings. The molecule has 15 heavy (non-hydrogen) atoms. The van der Waals surface area contributed by atoms with Crippen molar-refractivity contribution in [1.29, 1.82) is 0 Å². The Morgan fingerprint density at radius 2 is 1.13 bits per heavy atom. The van der Waals surface area contributed by atoms with E-state index in [4.69, 9.17) is 22.9 Å². The van der Waals surface area contributed by atoms with Crippen LogP contribution in [0, 0.1) is 5.41 Å². The average molecular weight is 216 g/mol. The van der Waals surface area contributed by atoms with E-state index < -0.39 is 41.9 Å². The molecule has 0 aromatic heterocycles. The van der Waals surface area contributed by atoms with E-state index in [1.807, 2.05) is 0 Å². The number of amides is 4. The van der Waals surface area contributed by atoms with Gasteiger partial charge in [0.05, 0.1) is 0 Å². The Morgan fingerprint density at radius 3 is 1.33 bits per heavy atom. The van der Waals surface area contributed by atoms with E-state index >= 15 is 0 Å². The Kier molecular flexibility index (Phi) is 3.78. The number of rotatable bonds is 6. The lowest BCUT2D eigenvalue weighted by molar-refractivity contribution is -0.148. The lowest BCUT2D eigenvalue weighted by Gasteiger charge is -2.22. The highest BCUT2D eigenvalue weighted by Crippen LogP contribution is 2.22. The maximum Gasteiger partial charge on any atom is 0.242 e. The first-order chi connectivity index (χ1) is 6.75. The predicted octanol–water partition coefficient (Wildman–Crippen LogP) is -3.31. The third-order valence-electron chi connectivity index (χ3n) is 2.01. The van der Waals surface area contributed by atoms with E-state index in [-0.39, 0.29) is 0 Å². The fourth-order valence-electron chi connectivity index (χ4n) is 1.04. The first-order valence-electron chi connectivity index (χ1n) is 3.93. The fraction of sp³-hybridized carbons (Fsp3) is 0.429. The molecule has 0 heterocycles. The molecular weight excluding hydrogens is 204 g/mol. The molecule has 0 unspecified atom stereocenters. The summed E-state index contributed by atoms with van der Waals surface area (Å²) in [5, 5.41) is 0. The summed E-state index contributed by atoms with van der Waals surface area (Å²) in [4.78, 5) is 43.4. The molecule has 0 radical (unpaired) electrons. The summed E-state index contributed by atoms with van der Waals surface area (Å²) in [5.41, 5.74) is 17.1. The first-order valence-corrected chi connectivity index (χ1v) is 3.93. The van der Waals surface area contributed by atoms with Crippen LogP contribution in [0.4, 0.5) is 0 Å². The number of carbonyl (C=O) groups excluding carboxylic acids is 4. The lowest BCUT2D eigenvalue weighted by atomic mass is 9.80. The zero-order valence-corrected chi connectivity index (χ0v) is 7.86. The molecule has 0 aromatic rings. The summed E-state index contributed by atoms with van der Waals surface area (Å²) in [6, 6.07) is 0. The minimum atomic E-state index is -2.35. The van der Waals surface area contributed by atoms with E-state index in [9.17, 15) is 19.2 Å². The van der Waals surface area contributed by atoms with Gasteiger partial charge in [0, 0.05) is 6.42 Å². The molecule has 0 aromatic carbocycles. The Labute approximate surface area is 84.9 Å². The van der Waals surface area contributed by atoms with Crippen molar-refractivity contribution in [2.45, 2.75) is 12.8 Å². The van der Waals surface area contributed by atoms with Crippen molar-refractivity contribution in [3.8, 4) is 0 Å². The highest BCUT2D eigenvalue weighted by atomic mass is 16.2. The Bertz CT molecular complexity index is 289. The van der Waals surface area contributed by atoms with Crippen LogP contribution < -0.4 is 22.9 Å². The van der Waals surface area contributed by atoms with Crippen LogP contribution >= 0.6 is 0 Å². The smallest absolute Gasteiger partial charge is 0.242 e. The third-order valence-corrected chi connectivity index (χ3v) is 2.01. The molecule has 0 aliphatic carbocycles. The van der Waals surface area contributed by atoms with Crippen molar-refractivity contribution in [3.05, 3.63) is 0 Å². The van der Waals surface area contributed by atoms with Crippen LogP contribution in [0.1, 0.15) is 12.8 Å². The van der Waals surface area contributed by atoms with Gasteiger partial charge in [-0.05, 0) is 6.42 Å². The van der Waals surface area contributed by atoms with Crippen LogP contribution in [0.2, 0.25) is 0 Å². The van der Waals surface area contributed by atoms with Gasteiger partial charge in [-0.3, -0.25) is 19.2 Å². The van der Waals surface area contributed by atoms with Crippen LogP contribution in [-0.2, 0) is 19.2 Å². The third kappa shape index (κ3) is 2.42. The van der Waals surface area contributed by atoms with E-state index in [0.717, 1.165) is 0 Å². The number of hydrogen-bond acceptors (Lipinski definition) is 4. The van der Waals surface area contributed by atoms with E-state index in [0.29, 0.717) is 0 Å².